The van der Waals surface area contributed by atoms with Gasteiger partial charge in [-0.25, -0.2) is 9.97 Å². The van der Waals surface area contributed by atoms with Crippen molar-refractivity contribution in [3.63, 3.8) is 0 Å². The fourth-order valence-electron chi connectivity index (χ4n) is 9.45. The Morgan fingerprint density at radius 3 is 1.13 bits per heavy atom. The van der Waals surface area contributed by atoms with E-state index >= 15 is 0 Å². The lowest BCUT2D eigenvalue weighted by atomic mass is 9.92. The van der Waals surface area contributed by atoms with Crippen molar-refractivity contribution < 1.29 is 4.74 Å². The summed E-state index contributed by atoms with van der Waals surface area (Å²) >= 11 is 0. The quantitative estimate of drug-likeness (QED) is 0.138. The molecule has 0 aliphatic rings. The average Bonchev–Trinajstić information content (AvgIpc) is 4.06. The van der Waals surface area contributed by atoms with Gasteiger partial charge in [0.2, 0.25) is 11.9 Å². The van der Waals surface area contributed by atoms with Crippen LogP contribution in [0.5, 0.6) is 11.5 Å². The highest BCUT2D eigenvalue weighted by atomic mass is 16.5. The summed E-state index contributed by atoms with van der Waals surface area (Å²) in [5.74, 6) is 4.54. The van der Waals surface area contributed by atoms with E-state index in [1.165, 1.54) is 44.4 Å². The molecule has 0 saturated heterocycles. The van der Waals surface area contributed by atoms with Gasteiger partial charge in [-0.05, 0) is 82.3 Å². The molecule has 7 nitrogen and oxygen atoms in total. The number of hydrogen-bond acceptors (Lipinski definition) is 3. The van der Waals surface area contributed by atoms with Gasteiger partial charge in [0.15, 0.2) is 0 Å². The Kier molecular flexibility index (Phi) is 9.43. The van der Waals surface area contributed by atoms with Crippen molar-refractivity contribution in [3.8, 4) is 34.8 Å². The minimum Gasteiger partial charge on any atom is -0.457 e. The molecule has 6 aromatic carbocycles. The van der Waals surface area contributed by atoms with Crippen LogP contribution in [0.1, 0.15) is 101 Å². The molecule has 0 aliphatic carbocycles. The van der Waals surface area contributed by atoms with E-state index in [0.29, 0.717) is 23.7 Å². The highest BCUT2D eigenvalue weighted by Gasteiger charge is 2.24. The molecular formula is C54H52N6O. The van der Waals surface area contributed by atoms with Crippen LogP contribution in [0.4, 0.5) is 0 Å². The van der Waals surface area contributed by atoms with Crippen molar-refractivity contribution in [1.82, 2.24) is 28.2 Å². The van der Waals surface area contributed by atoms with E-state index in [0.717, 1.165) is 56.2 Å². The first-order valence-corrected chi connectivity index (χ1v) is 21.7. The molecule has 0 N–H and O–H groups in total. The standard InChI is InChI=1S/C54H52N6O/c1-33(2)39-17-13-18-40(34(3)4)51(39)57-29-27-55-53(57)59-47-21-11-9-15-43(47)45-25-23-37(31-49(45)59)61-38-24-26-46-44-16-10-12-22-48(44)60(50(46)32-38)54-56-28-30-58(54)52-41(35(5)6)19-14-20-42(52)36(7)8/h9-36H,1-8H3. The Balaban J connectivity index is 1.13. The minimum atomic E-state index is 0.339. The van der Waals surface area contributed by atoms with E-state index in [4.69, 9.17) is 14.7 Å². The van der Waals surface area contributed by atoms with Crippen molar-refractivity contribution in [2.45, 2.75) is 79.1 Å². The summed E-state index contributed by atoms with van der Waals surface area (Å²) in [5, 5.41) is 4.62. The Bertz CT molecular complexity index is 2990. The molecule has 10 aromatic rings. The third-order valence-corrected chi connectivity index (χ3v) is 12.3. The SMILES string of the molecule is CC(C)c1cccc(C(C)C)c1-n1ccnc1-n1c2ccccc2c2ccc(Oc3ccc4c5ccccc5n(-c5nccn5-c5c(C(C)C)cccc5C(C)C)c4c3)cc21. The zero-order chi connectivity index (χ0) is 42.1. The smallest absolute Gasteiger partial charge is 0.219 e. The lowest BCUT2D eigenvalue weighted by Crippen LogP contribution is -2.11. The van der Waals surface area contributed by atoms with Gasteiger partial charge in [0.1, 0.15) is 11.5 Å². The minimum absolute atomic E-state index is 0.339. The van der Waals surface area contributed by atoms with Gasteiger partial charge in [0, 0.05) is 58.5 Å². The molecule has 0 amide bonds. The molecule has 0 bridgehead atoms. The van der Waals surface area contributed by atoms with Crippen LogP contribution in [0.2, 0.25) is 0 Å². The summed E-state index contributed by atoms with van der Waals surface area (Å²) in [6.07, 6.45) is 8.05. The molecule has 0 unspecified atom stereocenters. The Hall–Kier alpha value is -6.86. The van der Waals surface area contributed by atoms with E-state index in [1.807, 2.05) is 12.4 Å². The fraction of sp³-hybridized carbons (Fsp3) is 0.222. The summed E-state index contributed by atoms with van der Waals surface area (Å²) in [6.45, 7) is 18.1. The van der Waals surface area contributed by atoms with Crippen LogP contribution in [0.3, 0.4) is 0 Å². The number of rotatable bonds is 10. The molecule has 10 rings (SSSR count). The summed E-state index contributed by atoms with van der Waals surface area (Å²) in [5.41, 5.74) is 11.9. The van der Waals surface area contributed by atoms with Gasteiger partial charge in [-0.3, -0.25) is 18.3 Å². The van der Waals surface area contributed by atoms with E-state index in [-0.39, 0.29) is 0 Å². The van der Waals surface area contributed by atoms with Crippen LogP contribution in [-0.4, -0.2) is 28.2 Å². The number of nitrogens with zero attached hydrogens (tertiary/aromatic N) is 6. The normalized spacial score (nSPS) is 12.2. The number of hydrogen-bond donors (Lipinski definition) is 0. The maximum atomic E-state index is 6.88. The Morgan fingerprint density at radius 2 is 0.754 bits per heavy atom. The maximum Gasteiger partial charge on any atom is 0.219 e. The monoisotopic (exact) mass is 800 g/mol. The third-order valence-electron chi connectivity index (χ3n) is 12.3. The van der Waals surface area contributed by atoms with Gasteiger partial charge < -0.3 is 4.74 Å². The molecule has 4 aromatic heterocycles. The highest BCUT2D eigenvalue weighted by Crippen LogP contribution is 2.40. The summed E-state index contributed by atoms with van der Waals surface area (Å²) in [4.78, 5) is 10.1. The zero-order valence-electron chi connectivity index (χ0n) is 36.3. The molecule has 0 fully saturated rings. The van der Waals surface area contributed by atoms with E-state index in [9.17, 15) is 0 Å². The van der Waals surface area contributed by atoms with Crippen molar-refractivity contribution in [1.29, 1.82) is 0 Å². The largest absolute Gasteiger partial charge is 0.457 e. The van der Waals surface area contributed by atoms with Crippen LogP contribution < -0.4 is 4.74 Å². The second-order valence-electron chi connectivity index (χ2n) is 17.5. The molecule has 61 heavy (non-hydrogen) atoms. The van der Waals surface area contributed by atoms with Gasteiger partial charge in [-0.15, -0.1) is 0 Å². The van der Waals surface area contributed by atoms with Crippen LogP contribution in [0, 0.1) is 0 Å². The number of imidazole rings is 2. The lowest BCUT2D eigenvalue weighted by molar-refractivity contribution is 0.484. The lowest BCUT2D eigenvalue weighted by Gasteiger charge is -2.22. The van der Waals surface area contributed by atoms with Crippen molar-refractivity contribution in [2.24, 2.45) is 0 Å². The topological polar surface area (TPSA) is 54.7 Å². The van der Waals surface area contributed by atoms with Gasteiger partial charge in [-0.2, -0.15) is 0 Å². The van der Waals surface area contributed by atoms with Crippen LogP contribution >= 0.6 is 0 Å². The third kappa shape index (κ3) is 6.25. The predicted octanol–water partition coefficient (Wildman–Crippen LogP) is 14.5. The highest BCUT2D eigenvalue weighted by molar-refractivity contribution is 6.10. The molecule has 4 heterocycles. The molecular weight excluding hydrogens is 749 g/mol. The molecule has 0 saturated carbocycles. The maximum absolute atomic E-state index is 6.88. The second-order valence-corrected chi connectivity index (χ2v) is 17.5. The zero-order valence-corrected chi connectivity index (χ0v) is 36.3. The first kappa shape index (κ1) is 38.3. The Morgan fingerprint density at radius 1 is 0.393 bits per heavy atom. The molecule has 0 spiro atoms. The van der Waals surface area contributed by atoms with Crippen molar-refractivity contribution in [2.75, 3.05) is 0 Å². The fourth-order valence-corrected chi connectivity index (χ4v) is 9.45. The predicted molar refractivity (Wildman–Crippen MR) is 252 cm³/mol. The van der Waals surface area contributed by atoms with Crippen LogP contribution in [-0.2, 0) is 0 Å². The number of fused-ring (bicyclic) bond motifs is 6. The van der Waals surface area contributed by atoms with E-state index in [1.54, 1.807) is 0 Å². The van der Waals surface area contributed by atoms with Crippen LogP contribution in [0.15, 0.2) is 146 Å². The molecule has 0 atom stereocenters. The number of benzene rings is 6. The molecule has 7 heteroatoms. The van der Waals surface area contributed by atoms with Crippen molar-refractivity contribution >= 4 is 43.6 Å². The number of aromatic nitrogens is 6. The van der Waals surface area contributed by atoms with E-state index in [2.05, 4.69) is 207 Å². The van der Waals surface area contributed by atoms with Gasteiger partial charge in [0.05, 0.1) is 33.4 Å². The molecule has 304 valence electrons. The second kappa shape index (κ2) is 15.0. The number of ether oxygens (including phenoxy) is 1. The van der Waals surface area contributed by atoms with Gasteiger partial charge >= 0.3 is 0 Å². The van der Waals surface area contributed by atoms with Gasteiger partial charge in [0.25, 0.3) is 0 Å². The average molecular weight is 801 g/mol. The van der Waals surface area contributed by atoms with Gasteiger partial charge in [-0.1, -0.05) is 128 Å². The summed E-state index contributed by atoms with van der Waals surface area (Å²) in [6, 6.07) is 43.5. The number of para-hydroxylation sites is 4. The summed E-state index contributed by atoms with van der Waals surface area (Å²) < 4.78 is 16.0. The van der Waals surface area contributed by atoms with Crippen LogP contribution in [0.25, 0.3) is 66.9 Å². The summed E-state index contributed by atoms with van der Waals surface area (Å²) in [7, 11) is 0. The first-order chi connectivity index (χ1) is 29.6. The molecule has 0 radical (unpaired) electrons. The molecule has 0 aliphatic heterocycles. The first-order valence-electron chi connectivity index (χ1n) is 21.7. The Labute approximate surface area is 357 Å². The van der Waals surface area contributed by atoms with Crippen molar-refractivity contribution in [3.05, 3.63) is 168 Å². The van der Waals surface area contributed by atoms with E-state index < -0.39 is 0 Å².